The number of rotatable bonds is 4. The molecule has 0 aliphatic rings. The number of halogens is 4. The third-order valence-corrected chi connectivity index (χ3v) is 4.00. The Bertz CT molecular complexity index is 793. The van der Waals surface area contributed by atoms with Gasteiger partial charge in [0, 0.05) is 19.2 Å². The van der Waals surface area contributed by atoms with E-state index in [-0.39, 0.29) is 29.2 Å². The van der Waals surface area contributed by atoms with E-state index in [1.807, 2.05) is 0 Å². The number of amides is 1. The van der Waals surface area contributed by atoms with Crippen LogP contribution in [0.25, 0.3) is 0 Å². The minimum absolute atomic E-state index is 0.0589. The second-order valence-corrected chi connectivity index (χ2v) is 6.31. The number of hydrogen-bond donors (Lipinski definition) is 1. The van der Waals surface area contributed by atoms with Gasteiger partial charge in [0.2, 0.25) is 0 Å². The Morgan fingerprint density at radius 3 is 2.56 bits per heavy atom. The molecule has 2 aromatic rings. The smallest absolute Gasteiger partial charge is 0.506 e. The summed E-state index contributed by atoms with van der Waals surface area (Å²) in [5.41, 5.74) is 1.01. The molecule has 25 heavy (non-hydrogen) atoms. The fraction of sp³-hybridized carbons (Fsp3) is 0.235. The number of aromatic hydroxyl groups is 1. The van der Waals surface area contributed by atoms with Gasteiger partial charge in [0.25, 0.3) is 5.91 Å². The van der Waals surface area contributed by atoms with Gasteiger partial charge < -0.3 is 14.7 Å². The topological polar surface area (TPSA) is 49.8 Å². The molecule has 0 aliphatic carbocycles. The molecule has 0 aliphatic heterocycles. The fourth-order valence-corrected chi connectivity index (χ4v) is 2.86. The lowest BCUT2D eigenvalue weighted by molar-refractivity contribution is -0.275. The van der Waals surface area contributed by atoms with E-state index >= 15 is 0 Å². The standard InChI is InChI=1S/C17H15BrF3NO3/c1-10-7-12(15(23)13(18)8-10)16(24)22(2)9-11-5-3-4-6-14(11)25-17(19,20)21/h3-8,23H,9H2,1-2H3. The minimum Gasteiger partial charge on any atom is -0.506 e. The number of para-hydroxylation sites is 1. The molecule has 2 rings (SSSR count). The van der Waals surface area contributed by atoms with E-state index in [1.54, 1.807) is 19.1 Å². The quantitative estimate of drug-likeness (QED) is 0.788. The molecule has 0 radical (unpaired) electrons. The molecule has 1 amide bonds. The van der Waals surface area contributed by atoms with Crippen molar-refractivity contribution in [2.75, 3.05) is 7.05 Å². The maximum atomic E-state index is 12.6. The third-order valence-electron chi connectivity index (χ3n) is 3.39. The number of hydrogen-bond acceptors (Lipinski definition) is 3. The van der Waals surface area contributed by atoms with E-state index in [4.69, 9.17) is 0 Å². The van der Waals surface area contributed by atoms with E-state index in [2.05, 4.69) is 20.7 Å². The van der Waals surface area contributed by atoms with Crippen LogP contribution in [0.1, 0.15) is 21.5 Å². The maximum Gasteiger partial charge on any atom is 0.573 e. The molecule has 0 bridgehead atoms. The normalized spacial score (nSPS) is 11.3. The first-order valence-corrected chi connectivity index (χ1v) is 7.96. The summed E-state index contributed by atoms with van der Waals surface area (Å²) < 4.78 is 41.8. The Morgan fingerprint density at radius 2 is 1.92 bits per heavy atom. The van der Waals surface area contributed by atoms with Gasteiger partial charge in [0.1, 0.15) is 11.5 Å². The largest absolute Gasteiger partial charge is 0.573 e. The summed E-state index contributed by atoms with van der Waals surface area (Å²) in [7, 11) is 1.43. The van der Waals surface area contributed by atoms with Crippen molar-refractivity contribution in [1.29, 1.82) is 0 Å². The van der Waals surface area contributed by atoms with Gasteiger partial charge in [-0.2, -0.15) is 0 Å². The lowest BCUT2D eigenvalue weighted by Gasteiger charge is -2.21. The van der Waals surface area contributed by atoms with Crippen molar-refractivity contribution in [3.8, 4) is 11.5 Å². The molecule has 1 N–H and O–H groups in total. The number of alkyl halides is 3. The fourth-order valence-electron chi connectivity index (χ4n) is 2.29. The highest BCUT2D eigenvalue weighted by Crippen LogP contribution is 2.31. The van der Waals surface area contributed by atoms with E-state index in [0.29, 0.717) is 4.47 Å². The molecule has 0 saturated heterocycles. The second kappa shape index (κ2) is 7.35. The first kappa shape index (κ1) is 19.1. The summed E-state index contributed by atoms with van der Waals surface area (Å²) in [5.74, 6) is -1.12. The first-order chi connectivity index (χ1) is 11.6. The summed E-state index contributed by atoms with van der Waals surface area (Å²) in [5, 5.41) is 10.0. The summed E-state index contributed by atoms with van der Waals surface area (Å²) in [6.45, 7) is 1.64. The van der Waals surface area contributed by atoms with Crippen LogP contribution in [-0.4, -0.2) is 29.3 Å². The van der Waals surface area contributed by atoms with E-state index < -0.39 is 12.3 Å². The molecule has 0 spiro atoms. The van der Waals surface area contributed by atoms with E-state index in [9.17, 15) is 23.1 Å². The highest BCUT2D eigenvalue weighted by Gasteiger charge is 2.32. The zero-order chi connectivity index (χ0) is 18.8. The molecule has 2 aromatic carbocycles. The molecular formula is C17H15BrF3NO3. The van der Waals surface area contributed by atoms with E-state index in [1.165, 1.54) is 36.2 Å². The van der Waals surface area contributed by atoms with Crippen LogP contribution in [0.3, 0.4) is 0 Å². The van der Waals surface area contributed by atoms with Gasteiger partial charge >= 0.3 is 6.36 Å². The van der Waals surface area contributed by atoms with Crippen LogP contribution in [0.4, 0.5) is 13.2 Å². The number of carbonyl (C=O) groups is 1. The second-order valence-electron chi connectivity index (χ2n) is 5.46. The van der Waals surface area contributed by atoms with Gasteiger partial charge in [-0.25, -0.2) is 0 Å². The molecule has 0 saturated carbocycles. The predicted octanol–water partition coefficient (Wildman–Crippen LogP) is 4.63. The first-order valence-electron chi connectivity index (χ1n) is 7.16. The molecule has 0 atom stereocenters. The van der Waals surface area contributed by atoms with Gasteiger partial charge in [0.05, 0.1) is 10.0 Å². The van der Waals surface area contributed by atoms with Gasteiger partial charge in [-0.05, 0) is 46.6 Å². The average Bonchev–Trinajstić information content (AvgIpc) is 2.50. The van der Waals surface area contributed by atoms with Crippen molar-refractivity contribution < 1.29 is 27.8 Å². The van der Waals surface area contributed by atoms with Crippen molar-refractivity contribution in [2.45, 2.75) is 19.8 Å². The van der Waals surface area contributed by atoms with Gasteiger partial charge in [-0.15, -0.1) is 13.2 Å². The Labute approximate surface area is 151 Å². The average molecular weight is 418 g/mol. The zero-order valence-electron chi connectivity index (χ0n) is 13.4. The Hall–Kier alpha value is -2.22. The van der Waals surface area contributed by atoms with Crippen LogP contribution < -0.4 is 4.74 Å². The highest BCUT2D eigenvalue weighted by atomic mass is 79.9. The third kappa shape index (κ3) is 4.88. The van der Waals surface area contributed by atoms with Crippen LogP contribution in [0, 0.1) is 6.92 Å². The molecule has 4 nitrogen and oxygen atoms in total. The van der Waals surface area contributed by atoms with Crippen molar-refractivity contribution in [3.63, 3.8) is 0 Å². The summed E-state index contributed by atoms with van der Waals surface area (Å²) >= 11 is 3.16. The van der Waals surface area contributed by atoms with Crippen molar-refractivity contribution >= 4 is 21.8 Å². The summed E-state index contributed by atoms with van der Waals surface area (Å²) in [6, 6.07) is 8.75. The monoisotopic (exact) mass is 417 g/mol. The molecule has 0 fully saturated rings. The van der Waals surface area contributed by atoms with Crippen LogP contribution in [-0.2, 0) is 6.54 Å². The van der Waals surface area contributed by atoms with Crippen LogP contribution in [0.2, 0.25) is 0 Å². The summed E-state index contributed by atoms with van der Waals surface area (Å²) in [4.78, 5) is 13.8. The maximum absolute atomic E-state index is 12.6. The van der Waals surface area contributed by atoms with Crippen molar-refractivity contribution in [3.05, 3.63) is 57.6 Å². The highest BCUT2D eigenvalue weighted by molar-refractivity contribution is 9.10. The van der Waals surface area contributed by atoms with Crippen LogP contribution in [0.5, 0.6) is 11.5 Å². The predicted molar refractivity (Wildman–Crippen MR) is 89.5 cm³/mol. The van der Waals surface area contributed by atoms with Gasteiger partial charge in [0.15, 0.2) is 0 Å². The van der Waals surface area contributed by atoms with Crippen LogP contribution in [0.15, 0.2) is 40.9 Å². The number of nitrogens with zero attached hydrogens (tertiary/aromatic N) is 1. The Morgan fingerprint density at radius 1 is 1.28 bits per heavy atom. The molecule has 0 heterocycles. The molecule has 8 heteroatoms. The number of aryl methyl sites for hydroxylation is 1. The number of phenolic OH excluding ortho intramolecular Hbond substituents is 1. The lowest BCUT2D eigenvalue weighted by Crippen LogP contribution is -2.27. The van der Waals surface area contributed by atoms with Crippen LogP contribution >= 0.6 is 15.9 Å². The lowest BCUT2D eigenvalue weighted by atomic mass is 10.1. The Kier molecular flexibility index (Phi) is 5.62. The number of benzene rings is 2. The number of phenols is 1. The SMILES string of the molecule is Cc1cc(Br)c(O)c(C(=O)N(C)Cc2ccccc2OC(F)(F)F)c1. The molecule has 134 valence electrons. The molecular weight excluding hydrogens is 403 g/mol. The number of carbonyl (C=O) groups excluding carboxylic acids is 1. The van der Waals surface area contributed by atoms with Crippen molar-refractivity contribution in [2.24, 2.45) is 0 Å². The van der Waals surface area contributed by atoms with E-state index in [0.717, 1.165) is 5.56 Å². The van der Waals surface area contributed by atoms with Gasteiger partial charge in [-0.1, -0.05) is 18.2 Å². The van der Waals surface area contributed by atoms with Crippen molar-refractivity contribution in [1.82, 2.24) is 4.90 Å². The Balaban J connectivity index is 2.26. The summed E-state index contributed by atoms with van der Waals surface area (Å²) in [6.07, 6.45) is -4.82. The number of ether oxygens (including phenoxy) is 1. The molecule has 0 aromatic heterocycles. The molecule has 0 unspecified atom stereocenters. The minimum atomic E-state index is -4.82. The zero-order valence-corrected chi connectivity index (χ0v) is 15.0. The van der Waals surface area contributed by atoms with Gasteiger partial charge in [-0.3, -0.25) is 4.79 Å².